The molecule has 0 saturated carbocycles. The van der Waals surface area contributed by atoms with Gasteiger partial charge in [0, 0.05) is 12.1 Å². The number of benzene rings is 1. The number of carbonyl (C=O) groups is 3. The number of nitrogens with zero attached hydrogens (tertiary/aromatic N) is 1. The third-order valence-electron chi connectivity index (χ3n) is 4.10. The van der Waals surface area contributed by atoms with Crippen LogP contribution in [0.1, 0.15) is 49.0 Å². The predicted molar refractivity (Wildman–Crippen MR) is 110 cm³/mol. The van der Waals surface area contributed by atoms with Gasteiger partial charge in [-0.05, 0) is 44.2 Å². The van der Waals surface area contributed by atoms with Gasteiger partial charge >= 0.3 is 0 Å². The molecular weight excluding hydrogens is 358 g/mol. The van der Waals surface area contributed by atoms with E-state index < -0.39 is 12.1 Å². The lowest BCUT2D eigenvalue weighted by atomic mass is 10.0. The fourth-order valence-corrected chi connectivity index (χ4v) is 2.63. The summed E-state index contributed by atoms with van der Waals surface area (Å²) in [7, 11) is 0. The van der Waals surface area contributed by atoms with Crippen LogP contribution >= 0.6 is 0 Å². The molecule has 154 valence electrons. The van der Waals surface area contributed by atoms with Gasteiger partial charge < -0.3 is 26.9 Å². The smallest absolute Gasteiger partial charge is 0.251 e. The number of hydrogen-bond acceptors (Lipinski definition) is 4. The number of aldehydes is 1. The standard InChI is InChI=1S/C20H31N5O3/c1-13(2)11-17(25-18(27)15-8-6-14(3)7-9-15)19(28)24-16(12-26)5-4-10-23-20(21)22/h6-9,12-13,16-17H,4-5,10-11H2,1-3H3,(H,24,28)(H,25,27)(H4,21,22,23)/t16-,17-/m0/s1. The van der Waals surface area contributed by atoms with Gasteiger partial charge in [-0.2, -0.15) is 0 Å². The highest BCUT2D eigenvalue weighted by molar-refractivity contribution is 5.97. The van der Waals surface area contributed by atoms with E-state index in [-0.39, 0.29) is 23.7 Å². The Kier molecular flexibility index (Phi) is 9.70. The summed E-state index contributed by atoms with van der Waals surface area (Å²) in [6, 6.07) is 5.72. The molecule has 0 unspecified atom stereocenters. The number of guanidine groups is 1. The number of rotatable bonds is 11. The summed E-state index contributed by atoms with van der Waals surface area (Å²) in [6.07, 6.45) is 2.10. The predicted octanol–water partition coefficient (Wildman–Crippen LogP) is 0.877. The third kappa shape index (κ3) is 8.66. The number of carbonyl (C=O) groups excluding carboxylic acids is 3. The van der Waals surface area contributed by atoms with Gasteiger partial charge in [0.2, 0.25) is 5.91 Å². The van der Waals surface area contributed by atoms with Crippen molar-refractivity contribution >= 4 is 24.1 Å². The molecule has 8 heteroatoms. The molecule has 0 saturated heterocycles. The first-order chi connectivity index (χ1) is 13.2. The topological polar surface area (TPSA) is 140 Å². The Morgan fingerprint density at radius 3 is 2.32 bits per heavy atom. The van der Waals surface area contributed by atoms with Crippen LogP contribution in [0, 0.1) is 12.8 Å². The number of aliphatic imine (C=N–C) groups is 1. The van der Waals surface area contributed by atoms with Crippen LogP contribution < -0.4 is 22.1 Å². The van der Waals surface area contributed by atoms with Gasteiger partial charge in [0.1, 0.15) is 12.3 Å². The highest BCUT2D eigenvalue weighted by Crippen LogP contribution is 2.09. The Balaban J connectivity index is 2.71. The Morgan fingerprint density at radius 1 is 1.14 bits per heavy atom. The summed E-state index contributed by atoms with van der Waals surface area (Å²) >= 11 is 0. The first-order valence-corrected chi connectivity index (χ1v) is 9.41. The van der Waals surface area contributed by atoms with Crippen LogP contribution in [0.5, 0.6) is 0 Å². The third-order valence-corrected chi connectivity index (χ3v) is 4.10. The molecular formula is C20H31N5O3. The van der Waals surface area contributed by atoms with E-state index in [0.29, 0.717) is 37.7 Å². The average molecular weight is 390 g/mol. The molecule has 1 rings (SSSR count). The van der Waals surface area contributed by atoms with Crippen LogP contribution in [-0.4, -0.2) is 42.7 Å². The Labute approximate surface area is 166 Å². The van der Waals surface area contributed by atoms with Crippen molar-refractivity contribution in [3.05, 3.63) is 35.4 Å². The largest absolute Gasteiger partial charge is 0.370 e. The second-order valence-electron chi connectivity index (χ2n) is 7.22. The molecule has 0 aliphatic carbocycles. The quantitative estimate of drug-likeness (QED) is 0.192. The van der Waals surface area contributed by atoms with Gasteiger partial charge in [0.25, 0.3) is 5.91 Å². The maximum atomic E-state index is 12.7. The second-order valence-corrected chi connectivity index (χ2v) is 7.22. The summed E-state index contributed by atoms with van der Waals surface area (Å²) in [5, 5.41) is 5.47. The van der Waals surface area contributed by atoms with E-state index in [0.717, 1.165) is 5.56 Å². The first kappa shape index (κ1) is 23.1. The minimum Gasteiger partial charge on any atom is -0.370 e. The van der Waals surface area contributed by atoms with Gasteiger partial charge in [-0.15, -0.1) is 0 Å². The first-order valence-electron chi connectivity index (χ1n) is 9.41. The molecule has 0 spiro atoms. The Bertz CT molecular complexity index is 682. The van der Waals surface area contributed by atoms with Crippen molar-refractivity contribution < 1.29 is 14.4 Å². The van der Waals surface area contributed by atoms with E-state index in [2.05, 4.69) is 15.6 Å². The lowest BCUT2D eigenvalue weighted by molar-refractivity contribution is -0.126. The van der Waals surface area contributed by atoms with Crippen molar-refractivity contribution in [2.45, 2.75) is 52.1 Å². The van der Waals surface area contributed by atoms with E-state index in [1.807, 2.05) is 32.9 Å². The zero-order chi connectivity index (χ0) is 21.1. The van der Waals surface area contributed by atoms with Gasteiger partial charge in [0.15, 0.2) is 5.96 Å². The maximum Gasteiger partial charge on any atom is 0.251 e. The zero-order valence-electron chi connectivity index (χ0n) is 16.8. The minimum absolute atomic E-state index is 0.0116. The van der Waals surface area contributed by atoms with Crippen molar-refractivity contribution in [2.24, 2.45) is 22.4 Å². The summed E-state index contributed by atoms with van der Waals surface area (Å²) < 4.78 is 0. The van der Waals surface area contributed by atoms with E-state index in [9.17, 15) is 14.4 Å². The van der Waals surface area contributed by atoms with Crippen LogP contribution in [0.2, 0.25) is 0 Å². The zero-order valence-corrected chi connectivity index (χ0v) is 16.8. The maximum absolute atomic E-state index is 12.7. The summed E-state index contributed by atoms with van der Waals surface area (Å²) in [5.74, 6) is -0.530. The average Bonchev–Trinajstić information content (AvgIpc) is 2.63. The number of amides is 2. The van der Waals surface area contributed by atoms with Crippen LogP contribution in [0.4, 0.5) is 0 Å². The van der Waals surface area contributed by atoms with Gasteiger partial charge in [-0.25, -0.2) is 0 Å². The molecule has 0 aromatic heterocycles. The van der Waals surface area contributed by atoms with Crippen LogP contribution in [0.25, 0.3) is 0 Å². The molecule has 0 bridgehead atoms. The summed E-state index contributed by atoms with van der Waals surface area (Å²) in [5.41, 5.74) is 12.0. The molecule has 0 aliphatic heterocycles. The number of hydrogen-bond donors (Lipinski definition) is 4. The molecule has 8 nitrogen and oxygen atoms in total. The highest BCUT2D eigenvalue weighted by Gasteiger charge is 2.24. The number of nitrogens with two attached hydrogens (primary N) is 2. The van der Waals surface area contributed by atoms with E-state index in [1.165, 1.54) is 0 Å². The van der Waals surface area contributed by atoms with Crippen LogP contribution in [-0.2, 0) is 9.59 Å². The number of aryl methyl sites for hydroxylation is 1. The fraction of sp³-hybridized carbons (Fsp3) is 0.500. The fourth-order valence-electron chi connectivity index (χ4n) is 2.63. The van der Waals surface area contributed by atoms with Crippen molar-refractivity contribution in [1.82, 2.24) is 10.6 Å². The molecule has 6 N–H and O–H groups in total. The molecule has 1 aromatic rings. The highest BCUT2D eigenvalue weighted by atomic mass is 16.2. The van der Waals surface area contributed by atoms with Crippen LogP contribution in [0.15, 0.2) is 29.3 Å². The molecule has 0 radical (unpaired) electrons. The van der Waals surface area contributed by atoms with Crippen molar-refractivity contribution in [3.63, 3.8) is 0 Å². The summed E-state index contributed by atoms with van der Waals surface area (Å²) in [6.45, 7) is 6.24. The lowest BCUT2D eigenvalue weighted by Crippen LogP contribution is -2.50. The SMILES string of the molecule is Cc1ccc(C(=O)N[C@@H](CC(C)C)C(=O)N[C@H](C=O)CCCN=C(N)N)cc1. The molecule has 2 amide bonds. The Morgan fingerprint density at radius 2 is 1.79 bits per heavy atom. The van der Waals surface area contributed by atoms with Gasteiger partial charge in [0.05, 0.1) is 6.04 Å². The van der Waals surface area contributed by atoms with Gasteiger partial charge in [-0.1, -0.05) is 31.5 Å². The molecule has 0 heterocycles. The Hall–Kier alpha value is -2.90. The lowest BCUT2D eigenvalue weighted by Gasteiger charge is -2.22. The van der Waals surface area contributed by atoms with E-state index >= 15 is 0 Å². The second kappa shape index (κ2) is 11.7. The summed E-state index contributed by atoms with van der Waals surface area (Å²) in [4.78, 5) is 40.3. The van der Waals surface area contributed by atoms with Crippen molar-refractivity contribution in [1.29, 1.82) is 0 Å². The van der Waals surface area contributed by atoms with Crippen molar-refractivity contribution in [2.75, 3.05) is 6.54 Å². The molecule has 1 aromatic carbocycles. The van der Waals surface area contributed by atoms with Crippen LogP contribution in [0.3, 0.4) is 0 Å². The van der Waals surface area contributed by atoms with E-state index in [1.54, 1.807) is 12.1 Å². The number of nitrogens with one attached hydrogen (secondary N) is 2. The van der Waals surface area contributed by atoms with E-state index in [4.69, 9.17) is 11.5 Å². The molecule has 2 atom stereocenters. The molecule has 0 aliphatic rings. The van der Waals surface area contributed by atoms with Gasteiger partial charge in [-0.3, -0.25) is 14.6 Å². The monoisotopic (exact) mass is 389 g/mol. The minimum atomic E-state index is -0.728. The molecule has 28 heavy (non-hydrogen) atoms. The normalized spacial score (nSPS) is 12.7. The molecule has 0 fully saturated rings. The van der Waals surface area contributed by atoms with Crippen molar-refractivity contribution in [3.8, 4) is 0 Å².